The van der Waals surface area contributed by atoms with Gasteiger partial charge in [-0.25, -0.2) is 4.98 Å². The highest BCUT2D eigenvalue weighted by atomic mass is 32.1. The molecule has 2 heterocycles. The van der Waals surface area contributed by atoms with E-state index in [1.54, 1.807) is 6.07 Å². The maximum Gasteiger partial charge on any atom is 0.262 e. The summed E-state index contributed by atoms with van der Waals surface area (Å²) in [5, 5.41) is 5.26. The Hall–Kier alpha value is -1.69. The van der Waals surface area contributed by atoms with Crippen molar-refractivity contribution in [2.45, 2.75) is 33.4 Å². The fourth-order valence-electron chi connectivity index (χ4n) is 1.63. The van der Waals surface area contributed by atoms with E-state index in [9.17, 15) is 9.59 Å². The van der Waals surface area contributed by atoms with Crippen LogP contribution in [0.1, 0.15) is 20.8 Å². The van der Waals surface area contributed by atoms with E-state index in [-0.39, 0.29) is 24.1 Å². The van der Waals surface area contributed by atoms with Crippen LogP contribution in [0.2, 0.25) is 0 Å². The fraction of sp³-hybridized carbons (Fsp3) is 0.462. The first kappa shape index (κ1) is 13.7. The summed E-state index contributed by atoms with van der Waals surface area (Å²) in [6.07, 6.45) is 1.43. The van der Waals surface area contributed by atoms with Crippen molar-refractivity contribution in [1.82, 2.24) is 14.9 Å². The Kier molecular flexibility index (Phi) is 3.99. The van der Waals surface area contributed by atoms with Crippen molar-refractivity contribution in [1.29, 1.82) is 0 Å². The molecule has 0 aliphatic carbocycles. The Morgan fingerprint density at radius 2 is 2.21 bits per heavy atom. The van der Waals surface area contributed by atoms with Gasteiger partial charge in [0.25, 0.3) is 5.56 Å². The summed E-state index contributed by atoms with van der Waals surface area (Å²) in [5.74, 6) is 0.192. The van der Waals surface area contributed by atoms with Gasteiger partial charge in [0.15, 0.2) is 0 Å². The molecule has 19 heavy (non-hydrogen) atoms. The standard InChI is InChI=1S/C13H17N3O2S/c1-8(2)9(3)15-11(17)6-16-7-14-12-10(13(16)18)4-5-19-12/h4-5,7-9H,6H2,1-3H3,(H,15,17)/t9-/m0/s1. The van der Waals surface area contributed by atoms with Gasteiger partial charge in [0.1, 0.15) is 11.4 Å². The van der Waals surface area contributed by atoms with Crippen molar-refractivity contribution in [3.8, 4) is 0 Å². The Labute approximate surface area is 115 Å². The van der Waals surface area contributed by atoms with Crippen LogP contribution in [-0.4, -0.2) is 21.5 Å². The highest BCUT2D eigenvalue weighted by Gasteiger charge is 2.12. The van der Waals surface area contributed by atoms with Crippen molar-refractivity contribution in [3.63, 3.8) is 0 Å². The molecule has 0 bridgehead atoms. The Morgan fingerprint density at radius 1 is 1.47 bits per heavy atom. The number of hydrogen-bond acceptors (Lipinski definition) is 4. The molecule has 1 amide bonds. The van der Waals surface area contributed by atoms with Crippen molar-refractivity contribution in [3.05, 3.63) is 28.1 Å². The molecule has 0 saturated carbocycles. The first-order valence-corrected chi connectivity index (χ1v) is 7.09. The van der Waals surface area contributed by atoms with Gasteiger partial charge in [-0.1, -0.05) is 13.8 Å². The first-order chi connectivity index (χ1) is 8.99. The number of hydrogen-bond donors (Lipinski definition) is 1. The van der Waals surface area contributed by atoms with E-state index < -0.39 is 0 Å². The fourth-order valence-corrected chi connectivity index (χ4v) is 2.35. The number of nitrogens with zero attached hydrogens (tertiary/aromatic N) is 2. The molecule has 0 aromatic carbocycles. The highest BCUT2D eigenvalue weighted by Crippen LogP contribution is 2.13. The quantitative estimate of drug-likeness (QED) is 0.925. The zero-order chi connectivity index (χ0) is 14.0. The number of carbonyl (C=O) groups excluding carboxylic acids is 1. The van der Waals surface area contributed by atoms with Crippen LogP contribution in [0, 0.1) is 5.92 Å². The molecule has 5 nitrogen and oxygen atoms in total. The van der Waals surface area contributed by atoms with E-state index in [0.29, 0.717) is 16.1 Å². The maximum atomic E-state index is 12.1. The molecule has 102 valence electrons. The number of aromatic nitrogens is 2. The van der Waals surface area contributed by atoms with Crippen LogP contribution in [-0.2, 0) is 11.3 Å². The highest BCUT2D eigenvalue weighted by molar-refractivity contribution is 7.16. The Balaban J connectivity index is 2.15. The normalized spacial score (nSPS) is 12.8. The van der Waals surface area contributed by atoms with Gasteiger partial charge in [-0.15, -0.1) is 11.3 Å². The van der Waals surface area contributed by atoms with Gasteiger partial charge in [0, 0.05) is 6.04 Å². The summed E-state index contributed by atoms with van der Waals surface area (Å²) in [5.41, 5.74) is -0.168. The molecule has 0 fully saturated rings. The van der Waals surface area contributed by atoms with E-state index in [2.05, 4.69) is 10.3 Å². The lowest BCUT2D eigenvalue weighted by Crippen LogP contribution is -2.39. The summed E-state index contributed by atoms with van der Waals surface area (Å²) in [6, 6.07) is 1.82. The lowest BCUT2D eigenvalue weighted by atomic mass is 10.1. The largest absolute Gasteiger partial charge is 0.352 e. The third-order valence-corrected chi connectivity index (χ3v) is 3.97. The number of rotatable bonds is 4. The lowest BCUT2D eigenvalue weighted by molar-refractivity contribution is -0.122. The molecule has 0 aliphatic heterocycles. The molecule has 1 N–H and O–H groups in total. The van der Waals surface area contributed by atoms with Crippen LogP contribution in [0.15, 0.2) is 22.6 Å². The lowest BCUT2D eigenvalue weighted by Gasteiger charge is -2.17. The molecular formula is C13H17N3O2S. The van der Waals surface area contributed by atoms with Crippen molar-refractivity contribution in [2.75, 3.05) is 0 Å². The predicted octanol–water partition coefficient (Wildman–Crippen LogP) is 1.62. The zero-order valence-electron chi connectivity index (χ0n) is 11.2. The number of carbonyl (C=O) groups is 1. The molecule has 0 spiro atoms. The maximum absolute atomic E-state index is 12.1. The minimum Gasteiger partial charge on any atom is -0.352 e. The van der Waals surface area contributed by atoms with Gasteiger partial charge in [-0.05, 0) is 24.3 Å². The molecule has 0 saturated heterocycles. The average Bonchev–Trinajstić information content (AvgIpc) is 2.81. The topological polar surface area (TPSA) is 64.0 Å². The van der Waals surface area contributed by atoms with E-state index in [1.165, 1.54) is 22.2 Å². The molecule has 0 aliphatic rings. The summed E-state index contributed by atoms with van der Waals surface area (Å²) in [7, 11) is 0. The molecular weight excluding hydrogens is 262 g/mol. The second-order valence-electron chi connectivity index (χ2n) is 4.92. The minimum atomic E-state index is -0.168. The molecule has 2 aromatic rings. The second kappa shape index (κ2) is 5.52. The molecule has 6 heteroatoms. The van der Waals surface area contributed by atoms with Crippen LogP contribution >= 0.6 is 11.3 Å². The minimum absolute atomic E-state index is 0.00861. The summed E-state index contributed by atoms with van der Waals surface area (Å²) >= 11 is 1.42. The third-order valence-electron chi connectivity index (χ3n) is 3.15. The smallest absolute Gasteiger partial charge is 0.262 e. The Morgan fingerprint density at radius 3 is 2.89 bits per heavy atom. The summed E-state index contributed by atoms with van der Waals surface area (Å²) < 4.78 is 1.34. The number of nitrogens with one attached hydrogen (secondary N) is 1. The number of thiophene rings is 1. The van der Waals surface area contributed by atoms with Crippen LogP contribution < -0.4 is 10.9 Å². The SMILES string of the molecule is CC(C)[C@H](C)NC(=O)Cn1cnc2sccc2c1=O. The van der Waals surface area contributed by atoms with E-state index in [4.69, 9.17) is 0 Å². The van der Waals surface area contributed by atoms with Gasteiger partial charge < -0.3 is 5.32 Å². The molecule has 2 aromatic heterocycles. The third kappa shape index (κ3) is 3.01. The van der Waals surface area contributed by atoms with E-state index in [0.717, 1.165) is 0 Å². The molecule has 0 radical (unpaired) electrons. The van der Waals surface area contributed by atoms with Crippen molar-refractivity contribution >= 4 is 27.5 Å². The van der Waals surface area contributed by atoms with E-state index in [1.807, 2.05) is 26.2 Å². The summed E-state index contributed by atoms with van der Waals surface area (Å²) in [6.45, 7) is 6.03. The molecule has 0 unspecified atom stereocenters. The van der Waals surface area contributed by atoms with Crippen molar-refractivity contribution < 1.29 is 4.79 Å². The van der Waals surface area contributed by atoms with Crippen LogP contribution in [0.25, 0.3) is 10.2 Å². The Bertz CT molecular complexity index is 645. The molecule has 2 rings (SSSR count). The average molecular weight is 279 g/mol. The predicted molar refractivity (Wildman–Crippen MR) is 76.3 cm³/mol. The summed E-state index contributed by atoms with van der Waals surface area (Å²) in [4.78, 5) is 28.8. The number of fused-ring (bicyclic) bond motifs is 1. The first-order valence-electron chi connectivity index (χ1n) is 6.21. The van der Waals surface area contributed by atoms with Gasteiger partial charge in [-0.2, -0.15) is 0 Å². The van der Waals surface area contributed by atoms with Crippen LogP contribution in [0.5, 0.6) is 0 Å². The second-order valence-corrected chi connectivity index (χ2v) is 5.81. The van der Waals surface area contributed by atoms with Gasteiger partial charge >= 0.3 is 0 Å². The zero-order valence-corrected chi connectivity index (χ0v) is 12.0. The van der Waals surface area contributed by atoms with Crippen LogP contribution in [0.3, 0.4) is 0 Å². The monoisotopic (exact) mass is 279 g/mol. The van der Waals surface area contributed by atoms with E-state index >= 15 is 0 Å². The van der Waals surface area contributed by atoms with Gasteiger partial charge in [0.2, 0.25) is 5.91 Å². The number of amides is 1. The van der Waals surface area contributed by atoms with Crippen LogP contribution in [0.4, 0.5) is 0 Å². The van der Waals surface area contributed by atoms with Gasteiger partial charge in [0.05, 0.1) is 11.7 Å². The van der Waals surface area contributed by atoms with Crippen molar-refractivity contribution in [2.24, 2.45) is 5.92 Å². The van der Waals surface area contributed by atoms with Gasteiger partial charge in [-0.3, -0.25) is 14.2 Å². The molecule has 1 atom stereocenters.